The van der Waals surface area contributed by atoms with Crippen LogP contribution in [-0.2, 0) is 9.63 Å². The fourth-order valence-corrected chi connectivity index (χ4v) is 8.83. The third-order valence-corrected chi connectivity index (χ3v) is 12.0. The molecule has 13 nitrogen and oxygen atoms in total. The van der Waals surface area contributed by atoms with Crippen molar-refractivity contribution in [1.82, 2.24) is 25.1 Å². The predicted octanol–water partition coefficient (Wildman–Crippen LogP) is 6.05. The molecule has 13 heteroatoms. The highest BCUT2D eigenvalue weighted by atomic mass is 16.7. The van der Waals surface area contributed by atoms with E-state index in [4.69, 9.17) is 9.57 Å². The van der Waals surface area contributed by atoms with E-state index in [1.807, 2.05) is 42.5 Å². The summed E-state index contributed by atoms with van der Waals surface area (Å²) in [5.41, 5.74) is 3.88. The van der Waals surface area contributed by atoms with Crippen molar-refractivity contribution in [2.24, 2.45) is 0 Å². The molecule has 0 spiro atoms. The number of hydrogen-bond acceptors (Lipinski definition) is 11. The summed E-state index contributed by atoms with van der Waals surface area (Å²) in [5.74, 6) is 1.44. The van der Waals surface area contributed by atoms with Crippen LogP contribution < -0.4 is 30.7 Å². The van der Waals surface area contributed by atoms with Gasteiger partial charge in [-0.05, 0) is 68.4 Å². The van der Waals surface area contributed by atoms with E-state index in [2.05, 4.69) is 47.2 Å². The lowest BCUT2D eigenvalue weighted by Crippen LogP contribution is -2.53. The Bertz CT molecular complexity index is 1830. The first kappa shape index (κ1) is 37.2. The van der Waals surface area contributed by atoms with Crippen LogP contribution in [0.4, 0.5) is 28.7 Å². The van der Waals surface area contributed by atoms with Crippen LogP contribution in [0.15, 0.2) is 61.4 Å². The number of rotatable bonds is 12. The number of carbonyl (C=O) groups excluding carboxylic acids is 2. The van der Waals surface area contributed by atoms with Crippen molar-refractivity contribution in [1.29, 1.82) is 0 Å². The summed E-state index contributed by atoms with van der Waals surface area (Å²) in [6.07, 6.45) is 14.1. The zero-order chi connectivity index (χ0) is 37.7. The third-order valence-electron chi connectivity index (χ3n) is 12.0. The Morgan fingerprint density at radius 2 is 1.60 bits per heavy atom. The molecule has 5 fully saturated rings. The van der Waals surface area contributed by atoms with Gasteiger partial charge in [0.25, 0.3) is 5.91 Å². The molecule has 3 saturated heterocycles. The number of piperidine rings is 1. The van der Waals surface area contributed by atoms with Crippen molar-refractivity contribution in [3.8, 4) is 5.75 Å². The van der Waals surface area contributed by atoms with Crippen LogP contribution in [0.25, 0.3) is 0 Å². The van der Waals surface area contributed by atoms with Gasteiger partial charge in [0.15, 0.2) is 5.82 Å². The second-order valence-corrected chi connectivity index (χ2v) is 15.6. The van der Waals surface area contributed by atoms with Gasteiger partial charge in [-0.15, -0.1) is 0 Å². The summed E-state index contributed by atoms with van der Waals surface area (Å²) in [4.78, 5) is 48.8. The Hall–Kier alpha value is -4.72. The van der Waals surface area contributed by atoms with Crippen LogP contribution in [0, 0.1) is 0 Å². The van der Waals surface area contributed by atoms with Crippen molar-refractivity contribution < 1.29 is 19.2 Å². The van der Waals surface area contributed by atoms with Crippen LogP contribution in [0.2, 0.25) is 0 Å². The zero-order valence-corrected chi connectivity index (χ0v) is 32.0. The maximum Gasteiger partial charge on any atom is 0.251 e. The minimum absolute atomic E-state index is 0.0292. The molecule has 2 aliphatic carbocycles. The first-order valence-corrected chi connectivity index (χ1v) is 20.3. The highest BCUT2D eigenvalue weighted by Gasteiger charge is 2.35. The smallest absolute Gasteiger partial charge is 0.251 e. The second kappa shape index (κ2) is 17.0. The van der Waals surface area contributed by atoms with Gasteiger partial charge in [0, 0.05) is 81.5 Å². The number of hydroxylamine groups is 1. The predicted molar refractivity (Wildman–Crippen MR) is 215 cm³/mol. The molecule has 0 radical (unpaired) electrons. The molecular weight excluding hydrogens is 695 g/mol. The summed E-state index contributed by atoms with van der Waals surface area (Å²) in [6, 6.07) is 15.1. The number of ether oxygens (including phenoxy) is 1. The summed E-state index contributed by atoms with van der Waals surface area (Å²) >= 11 is 0. The van der Waals surface area contributed by atoms with E-state index in [1.165, 1.54) is 44.8 Å². The van der Waals surface area contributed by atoms with Crippen molar-refractivity contribution in [3.63, 3.8) is 0 Å². The van der Waals surface area contributed by atoms with Crippen LogP contribution >= 0.6 is 0 Å². The number of amides is 2. The van der Waals surface area contributed by atoms with Crippen molar-refractivity contribution in [2.75, 3.05) is 73.6 Å². The SMILES string of the molecule is C=CC(=O)Nc1cc(Nc2cc(N3OCC[C@@H]3c3cccc(C(=O)NC4CCCCC4)c3)ncn2)c(OC)cc1N1CCC(N2CCN(C3CC3)CC2)CC1. The van der Waals surface area contributed by atoms with Crippen LogP contribution in [0.3, 0.4) is 0 Å². The molecule has 0 bridgehead atoms. The van der Waals surface area contributed by atoms with Gasteiger partial charge in [-0.2, -0.15) is 0 Å². The highest BCUT2D eigenvalue weighted by Crippen LogP contribution is 2.41. The fraction of sp³-hybridized carbons (Fsp3) is 0.524. The number of nitrogens with zero attached hydrogens (tertiary/aromatic N) is 6. The van der Waals surface area contributed by atoms with Gasteiger partial charge in [0.1, 0.15) is 17.9 Å². The van der Waals surface area contributed by atoms with E-state index in [0.717, 1.165) is 88.4 Å². The molecule has 1 atom stereocenters. The van der Waals surface area contributed by atoms with Crippen LogP contribution in [-0.4, -0.2) is 103 Å². The van der Waals surface area contributed by atoms with Gasteiger partial charge in [-0.1, -0.05) is 38.0 Å². The van der Waals surface area contributed by atoms with Gasteiger partial charge < -0.3 is 25.6 Å². The van der Waals surface area contributed by atoms with Crippen molar-refractivity contribution in [2.45, 2.75) is 88.4 Å². The lowest BCUT2D eigenvalue weighted by molar-refractivity contribution is -0.111. The Balaban J connectivity index is 0.965. The molecule has 3 N–H and O–H groups in total. The first-order chi connectivity index (χ1) is 26.9. The number of anilines is 5. The summed E-state index contributed by atoms with van der Waals surface area (Å²) in [6.45, 7) is 10.7. The molecule has 3 aromatic rings. The number of benzene rings is 2. The topological polar surface area (TPSA) is 127 Å². The molecule has 2 aromatic carbocycles. The number of hydrogen-bond donors (Lipinski definition) is 3. The Morgan fingerprint density at radius 3 is 2.31 bits per heavy atom. The van der Waals surface area contributed by atoms with Gasteiger partial charge in [0.2, 0.25) is 5.91 Å². The molecule has 1 aromatic heterocycles. The van der Waals surface area contributed by atoms with E-state index < -0.39 is 0 Å². The lowest BCUT2D eigenvalue weighted by atomic mass is 9.95. The monoisotopic (exact) mass is 749 g/mol. The number of nitrogens with one attached hydrogen (secondary N) is 3. The largest absolute Gasteiger partial charge is 0.494 e. The maximum atomic E-state index is 13.2. The second-order valence-electron chi connectivity index (χ2n) is 15.6. The number of aromatic nitrogens is 2. The Labute approximate surface area is 324 Å². The van der Waals surface area contributed by atoms with Gasteiger partial charge in [-0.3, -0.25) is 24.2 Å². The maximum absolute atomic E-state index is 13.2. The van der Waals surface area contributed by atoms with Gasteiger partial charge >= 0.3 is 0 Å². The average Bonchev–Trinajstić information content (AvgIpc) is 3.97. The summed E-state index contributed by atoms with van der Waals surface area (Å²) in [7, 11) is 1.65. The number of carbonyl (C=O) groups is 2. The van der Waals surface area contributed by atoms with Crippen molar-refractivity contribution in [3.05, 3.63) is 72.6 Å². The molecule has 2 amide bonds. The van der Waals surface area contributed by atoms with E-state index in [-0.39, 0.29) is 23.9 Å². The molecule has 8 rings (SSSR count). The molecule has 4 heterocycles. The lowest BCUT2D eigenvalue weighted by Gasteiger charge is -2.43. The van der Waals surface area contributed by atoms with Crippen LogP contribution in [0.1, 0.15) is 86.2 Å². The van der Waals surface area contributed by atoms with Crippen molar-refractivity contribution >= 4 is 40.5 Å². The first-order valence-electron chi connectivity index (χ1n) is 20.3. The molecule has 292 valence electrons. The zero-order valence-electron chi connectivity index (χ0n) is 32.0. The Kier molecular flexibility index (Phi) is 11.5. The van der Waals surface area contributed by atoms with Gasteiger partial charge in [-0.25, -0.2) is 15.0 Å². The third kappa shape index (κ3) is 8.74. The highest BCUT2D eigenvalue weighted by molar-refractivity contribution is 6.02. The summed E-state index contributed by atoms with van der Waals surface area (Å²) in [5, 5.41) is 11.5. The standard InChI is InChI=1S/C42H55N9O4/c1-3-41(52)47-34-25-35(38(54-2)26-37(34)50-17-14-33(15-18-50)49-21-19-48(20-22-49)32-12-13-32)46-39-27-40(44-28-43-39)51-36(16-23-55-51)29-8-7-9-30(24-29)42(53)45-31-10-5-4-6-11-31/h3,7-9,24-28,31-33,36H,1,4-6,10-23H2,2H3,(H,45,53)(H,47,52)(H,43,44,46)/t36-/m1/s1. The fourth-order valence-electron chi connectivity index (χ4n) is 8.83. The van der Waals surface area contributed by atoms with Crippen LogP contribution in [0.5, 0.6) is 5.75 Å². The molecular formula is C42H55N9O4. The number of methoxy groups -OCH3 is 1. The molecule has 5 aliphatic rings. The molecule has 3 aliphatic heterocycles. The molecule has 55 heavy (non-hydrogen) atoms. The van der Waals surface area contributed by atoms with E-state index in [0.29, 0.717) is 47.0 Å². The minimum atomic E-state index is -0.280. The summed E-state index contributed by atoms with van der Waals surface area (Å²) < 4.78 is 5.92. The van der Waals surface area contributed by atoms with Gasteiger partial charge in [0.05, 0.1) is 36.8 Å². The van der Waals surface area contributed by atoms with E-state index >= 15 is 0 Å². The number of piperazine rings is 1. The van der Waals surface area contributed by atoms with E-state index in [1.54, 1.807) is 12.2 Å². The minimum Gasteiger partial charge on any atom is -0.494 e. The quantitative estimate of drug-likeness (QED) is 0.188. The average molecular weight is 750 g/mol. The molecule has 0 unspecified atom stereocenters. The Morgan fingerprint density at radius 1 is 0.855 bits per heavy atom. The normalized spacial score (nSPS) is 21.7. The molecule has 2 saturated carbocycles. The van der Waals surface area contributed by atoms with E-state index in [9.17, 15) is 9.59 Å².